The highest BCUT2D eigenvalue weighted by molar-refractivity contribution is 7.90. The number of hydrogen-bond donors (Lipinski definition) is 0. The van der Waals surface area contributed by atoms with Gasteiger partial charge in [-0.15, -0.1) is 0 Å². The molecule has 0 saturated heterocycles. The molecule has 3 saturated carbocycles. The Kier molecular flexibility index (Phi) is 8.60. The van der Waals surface area contributed by atoms with Gasteiger partial charge in [-0.2, -0.15) is 8.78 Å². The lowest BCUT2D eigenvalue weighted by atomic mass is 9.75. The fourth-order valence-electron chi connectivity index (χ4n) is 7.03. The Hall–Kier alpha value is -2.09. The molecule has 3 aliphatic carbocycles. The first-order valence-corrected chi connectivity index (χ1v) is 16.5. The van der Waals surface area contributed by atoms with Crippen LogP contribution in [0.2, 0.25) is 0 Å². The van der Waals surface area contributed by atoms with Crippen molar-refractivity contribution in [2.75, 3.05) is 6.26 Å². The molecule has 5 rings (SSSR count). The first-order chi connectivity index (χ1) is 18.7. The smallest absolute Gasteiger partial charge is 0.205 e. The Bertz CT molecular complexity index is 1240. The van der Waals surface area contributed by atoms with Crippen molar-refractivity contribution in [2.24, 2.45) is 0 Å². The normalized spacial score (nSPS) is 20.3. The summed E-state index contributed by atoms with van der Waals surface area (Å²) in [4.78, 5) is -1.61. The van der Waals surface area contributed by atoms with E-state index < -0.39 is 43.8 Å². The summed E-state index contributed by atoms with van der Waals surface area (Å²) in [7, 11) is -4.55. The summed E-state index contributed by atoms with van der Waals surface area (Å²) in [5, 5.41) is 0. The molecule has 0 bridgehead atoms. The fourth-order valence-corrected chi connectivity index (χ4v) is 7.86. The van der Waals surface area contributed by atoms with Crippen LogP contribution in [-0.2, 0) is 9.84 Å². The molecule has 0 amide bonds. The predicted octanol–water partition coefficient (Wildman–Crippen LogP) is 9.58. The Balaban J connectivity index is 1.69. The second-order valence-electron chi connectivity index (χ2n) is 11.8. The van der Waals surface area contributed by atoms with Crippen LogP contribution in [0.25, 0.3) is 0 Å². The van der Waals surface area contributed by atoms with E-state index >= 15 is 8.78 Å². The Morgan fingerprint density at radius 2 is 0.974 bits per heavy atom. The van der Waals surface area contributed by atoms with Gasteiger partial charge in [0.1, 0.15) is 10.6 Å². The van der Waals surface area contributed by atoms with Gasteiger partial charge in [-0.3, -0.25) is 0 Å². The molecule has 0 heterocycles. The number of ether oxygens (including phenoxy) is 1. The standard InChI is InChI=1S/C31H38F4O3S/c1-39(36,37)31-27(34)25(32)30(26(33)28(31)35)38-29-23(20-13-7-3-8-14-20)17-22(19-11-5-2-6-12-19)18-24(29)21-15-9-4-10-16-21/h17-21H,2-16H2,1H3. The SMILES string of the molecule is CS(=O)(=O)c1c(F)c(F)c(Oc2c(C3CCCCC3)cc(C3CCCCC3)cc2C2CCCCC2)c(F)c1F. The van der Waals surface area contributed by atoms with Crippen LogP contribution in [0.15, 0.2) is 17.0 Å². The monoisotopic (exact) mass is 566 g/mol. The molecule has 0 radical (unpaired) electrons. The first-order valence-electron chi connectivity index (χ1n) is 14.6. The third-order valence-electron chi connectivity index (χ3n) is 9.09. The summed E-state index contributed by atoms with van der Waals surface area (Å²) in [5.41, 5.74) is 2.96. The van der Waals surface area contributed by atoms with E-state index in [0.29, 0.717) is 17.9 Å². The van der Waals surface area contributed by atoms with E-state index in [1.165, 1.54) is 24.8 Å². The average Bonchev–Trinajstić information content (AvgIpc) is 2.95. The molecule has 0 aliphatic heterocycles. The molecule has 2 aromatic rings. The van der Waals surface area contributed by atoms with Gasteiger partial charge in [-0.1, -0.05) is 69.9 Å². The lowest BCUT2D eigenvalue weighted by molar-refractivity contribution is 0.337. The van der Waals surface area contributed by atoms with Crippen LogP contribution in [-0.4, -0.2) is 14.7 Å². The second-order valence-corrected chi connectivity index (χ2v) is 13.8. The van der Waals surface area contributed by atoms with Crippen LogP contribution in [0.1, 0.15) is 131 Å². The van der Waals surface area contributed by atoms with Crippen molar-refractivity contribution in [3.05, 3.63) is 52.1 Å². The molecule has 0 aromatic heterocycles. The highest BCUT2D eigenvalue weighted by Crippen LogP contribution is 2.49. The lowest BCUT2D eigenvalue weighted by Gasteiger charge is -2.32. The maximum absolute atomic E-state index is 15.3. The van der Waals surface area contributed by atoms with E-state index in [-0.39, 0.29) is 11.8 Å². The first kappa shape index (κ1) is 28.4. The third kappa shape index (κ3) is 5.86. The zero-order valence-electron chi connectivity index (χ0n) is 22.6. The Morgan fingerprint density at radius 3 is 1.36 bits per heavy atom. The van der Waals surface area contributed by atoms with Crippen LogP contribution in [0.5, 0.6) is 11.5 Å². The largest absolute Gasteiger partial charge is 0.450 e. The van der Waals surface area contributed by atoms with Crippen molar-refractivity contribution >= 4 is 9.84 Å². The van der Waals surface area contributed by atoms with Crippen molar-refractivity contribution in [1.29, 1.82) is 0 Å². The molecule has 8 heteroatoms. The van der Waals surface area contributed by atoms with Gasteiger partial charge in [0.2, 0.25) is 17.4 Å². The highest BCUT2D eigenvalue weighted by atomic mass is 32.2. The summed E-state index contributed by atoms with van der Waals surface area (Å²) in [6, 6.07) is 4.25. The molecule has 0 atom stereocenters. The van der Waals surface area contributed by atoms with Crippen LogP contribution < -0.4 is 4.74 Å². The molecular formula is C31H38F4O3S. The van der Waals surface area contributed by atoms with E-state index in [0.717, 1.165) is 88.2 Å². The number of benzene rings is 2. The minimum absolute atomic E-state index is 0.121. The van der Waals surface area contributed by atoms with E-state index in [1.54, 1.807) is 0 Å². The molecule has 0 unspecified atom stereocenters. The minimum Gasteiger partial charge on any atom is -0.450 e. The molecule has 3 nitrogen and oxygen atoms in total. The lowest BCUT2D eigenvalue weighted by Crippen LogP contribution is -2.15. The van der Waals surface area contributed by atoms with E-state index in [9.17, 15) is 17.2 Å². The van der Waals surface area contributed by atoms with Crippen LogP contribution in [0.4, 0.5) is 17.6 Å². The molecule has 0 spiro atoms. The number of hydrogen-bond acceptors (Lipinski definition) is 3. The summed E-state index contributed by atoms with van der Waals surface area (Å²) in [5.74, 6) is -7.81. The molecule has 3 aliphatic rings. The van der Waals surface area contributed by atoms with Crippen LogP contribution in [0.3, 0.4) is 0 Å². The van der Waals surface area contributed by atoms with Gasteiger partial charge >= 0.3 is 0 Å². The second kappa shape index (κ2) is 11.8. The number of rotatable bonds is 6. The van der Waals surface area contributed by atoms with Crippen molar-refractivity contribution in [3.8, 4) is 11.5 Å². The third-order valence-corrected chi connectivity index (χ3v) is 10.2. The molecule has 39 heavy (non-hydrogen) atoms. The average molecular weight is 567 g/mol. The van der Waals surface area contributed by atoms with Gasteiger partial charge in [-0.25, -0.2) is 17.2 Å². The van der Waals surface area contributed by atoms with Crippen LogP contribution in [0, 0.1) is 23.3 Å². The topological polar surface area (TPSA) is 43.4 Å². The summed E-state index contributed by atoms with van der Waals surface area (Å²) in [6.07, 6.45) is 16.3. The Labute approximate surface area is 229 Å². The highest BCUT2D eigenvalue weighted by Gasteiger charge is 2.35. The van der Waals surface area contributed by atoms with Gasteiger partial charge in [0.15, 0.2) is 21.5 Å². The van der Waals surface area contributed by atoms with Crippen molar-refractivity contribution in [1.82, 2.24) is 0 Å². The summed E-state index contributed by atoms with van der Waals surface area (Å²) >= 11 is 0. The molecule has 3 fully saturated rings. The quantitative estimate of drug-likeness (QED) is 0.258. The summed E-state index contributed by atoms with van der Waals surface area (Å²) < 4.78 is 90.1. The van der Waals surface area contributed by atoms with Gasteiger partial charge in [0.05, 0.1) is 0 Å². The van der Waals surface area contributed by atoms with Gasteiger partial charge in [-0.05, 0) is 73.0 Å². The predicted molar refractivity (Wildman–Crippen MR) is 143 cm³/mol. The van der Waals surface area contributed by atoms with Crippen molar-refractivity contribution in [2.45, 2.75) is 119 Å². The van der Waals surface area contributed by atoms with Gasteiger partial charge in [0, 0.05) is 6.26 Å². The zero-order chi connectivity index (χ0) is 27.7. The minimum atomic E-state index is -4.55. The van der Waals surface area contributed by atoms with E-state index in [1.807, 2.05) is 0 Å². The number of sulfone groups is 1. The molecule has 0 N–H and O–H groups in total. The molecule has 2 aromatic carbocycles. The van der Waals surface area contributed by atoms with Gasteiger partial charge < -0.3 is 4.74 Å². The van der Waals surface area contributed by atoms with Crippen molar-refractivity contribution in [3.63, 3.8) is 0 Å². The maximum Gasteiger partial charge on any atom is 0.205 e. The van der Waals surface area contributed by atoms with Crippen LogP contribution >= 0.6 is 0 Å². The number of halogens is 4. The van der Waals surface area contributed by atoms with E-state index in [4.69, 9.17) is 4.74 Å². The van der Waals surface area contributed by atoms with E-state index in [2.05, 4.69) is 12.1 Å². The summed E-state index contributed by atoms with van der Waals surface area (Å²) in [6.45, 7) is 0. The molecular weight excluding hydrogens is 528 g/mol. The maximum atomic E-state index is 15.3. The Morgan fingerprint density at radius 1 is 0.590 bits per heavy atom. The van der Waals surface area contributed by atoms with Crippen molar-refractivity contribution < 1.29 is 30.7 Å². The molecule has 214 valence electrons. The zero-order valence-corrected chi connectivity index (χ0v) is 23.5. The fraction of sp³-hybridized carbons (Fsp3) is 0.613. The van der Waals surface area contributed by atoms with Gasteiger partial charge in [0.25, 0.3) is 0 Å².